The van der Waals surface area contributed by atoms with Crippen LogP contribution in [0.25, 0.3) is 0 Å². The van der Waals surface area contributed by atoms with E-state index in [4.69, 9.17) is 12.2 Å². The number of aromatic nitrogens is 2. The van der Waals surface area contributed by atoms with Crippen LogP contribution in [0.3, 0.4) is 0 Å². The second-order valence-electron chi connectivity index (χ2n) is 4.09. The van der Waals surface area contributed by atoms with E-state index in [1.54, 1.807) is 6.20 Å². The number of para-hydroxylation sites is 1. The summed E-state index contributed by atoms with van der Waals surface area (Å²) in [5.41, 5.74) is 0.987. The molecule has 0 amide bonds. The number of hydrogen-bond acceptors (Lipinski definition) is 2. The molecule has 94 valence electrons. The molecule has 0 radical (unpaired) electrons. The maximum Gasteiger partial charge on any atom is 0.171 e. The highest BCUT2D eigenvalue weighted by Gasteiger charge is 2.05. The van der Waals surface area contributed by atoms with E-state index in [9.17, 15) is 0 Å². The van der Waals surface area contributed by atoms with E-state index in [0.29, 0.717) is 5.11 Å². The summed E-state index contributed by atoms with van der Waals surface area (Å²) in [6.45, 7) is 2.85. The molecular weight excluding hydrogens is 244 g/mol. The Morgan fingerprint density at radius 2 is 2.11 bits per heavy atom. The number of hydrogen-bond donors (Lipinski definition) is 2. The predicted octanol–water partition coefficient (Wildman–Crippen LogP) is 2.26. The molecule has 0 saturated carbocycles. The number of anilines is 1. The second-order valence-corrected chi connectivity index (χ2v) is 4.50. The van der Waals surface area contributed by atoms with E-state index >= 15 is 0 Å². The monoisotopic (exact) mass is 260 g/mol. The van der Waals surface area contributed by atoms with Gasteiger partial charge in [0.15, 0.2) is 5.11 Å². The van der Waals surface area contributed by atoms with Gasteiger partial charge in [0, 0.05) is 24.1 Å². The Hall–Kier alpha value is -1.88. The Balaban J connectivity index is 1.80. The number of rotatable bonds is 4. The molecule has 1 atom stereocenters. The lowest BCUT2D eigenvalue weighted by Crippen LogP contribution is -2.38. The zero-order valence-electron chi connectivity index (χ0n) is 10.2. The van der Waals surface area contributed by atoms with Gasteiger partial charge < -0.3 is 10.6 Å². The maximum atomic E-state index is 5.26. The fourth-order valence-corrected chi connectivity index (χ4v) is 1.97. The molecule has 2 rings (SSSR count). The quantitative estimate of drug-likeness (QED) is 0.828. The molecule has 1 aromatic carbocycles. The summed E-state index contributed by atoms with van der Waals surface area (Å²) >= 11 is 5.26. The highest BCUT2D eigenvalue weighted by atomic mass is 32.1. The zero-order chi connectivity index (χ0) is 12.8. The lowest BCUT2D eigenvalue weighted by Gasteiger charge is -2.17. The summed E-state index contributed by atoms with van der Waals surface area (Å²) in [5.74, 6) is 0. The predicted molar refractivity (Wildman–Crippen MR) is 77.5 cm³/mol. The first-order valence-electron chi connectivity index (χ1n) is 5.84. The summed E-state index contributed by atoms with van der Waals surface area (Å²) in [6, 6.07) is 12.0. The van der Waals surface area contributed by atoms with Crippen molar-refractivity contribution in [1.82, 2.24) is 15.1 Å². The van der Waals surface area contributed by atoms with Gasteiger partial charge in [0.2, 0.25) is 0 Å². The van der Waals surface area contributed by atoms with Crippen LogP contribution in [-0.2, 0) is 6.54 Å². The maximum absolute atomic E-state index is 5.26. The Morgan fingerprint density at radius 1 is 1.33 bits per heavy atom. The highest BCUT2D eigenvalue weighted by Crippen LogP contribution is 2.04. The Morgan fingerprint density at radius 3 is 2.78 bits per heavy atom. The van der Waals surface area contributed by atoms with Crippen LogP contribution in [-0.4, -0.2) is 20.9 Å². The number of thiocarbonyl (C=S) groups is 1. The molecule has 2 aromatic rings. The molecule has 0 fully saturated rings. The molecule has 2 N–H and O–H groups in total. The van der Waals surface area contributed by atoms with Crippen molar-refractivity contribution in [3.8, 4) is 0 Å². The molecular formula is C13H16N4S. The van der Waals surface area contributed by atoms with E-state index in [2.05, 4.69) is 22.7 Å². The lowest BCUT2D eigenvalue weighted by atomic mass is 10.3. The first-order valence-corrected chi connectivity index (χ1v) is 6.25. The van der Waals surface area contributed by atoms with Gasteiger partial charge in [-0.1, -0.05) is 18.2 Å². The van der Waals surface area contributed by atoms with Gasteiger partial charge >= 0.3 is 0 Å². The van der Waals surface area contributed by atoms with Gasteiger partial charge in [0.25, 0.3) is 0 Å². The topological polar surface area (TPSA) is 41.9 Å². The Labute approximate surface area is 112 Å². The van der Waals surface area contributed by atoms with Crippen LogP contribution in [0.2, 0.25) is 0 Å². The van der Waals surface area contributed by atoms with Crippen LogP contribution in [0.4, 0.5) is 5.69 Å². The number of nitrogens with zero attached hydrogens (tertiary/aromatic N) is 2. The van der Waals surface area contributed by atoms with Crippen molar-refractivity contribution in [3.05, 3.63) is 48.8 Å². The van der Waals surface area contributed by atoms with Crippen LogP contribution in [0.5, 0.6) is 0 Å². The van der Waals surface area contributed by atoms with Crippen LogP contribution >= 0.6 is 12.2 Å². The highest BCUT2D eigenvalue weighted by molar-refractivity contribution is 7.80. The molecule has 1 aromatic heterocycles. The average Bonchev–Trinajstić information content (AvgIpc) is 2.82. The third-order valence-electron chi connectivity index (χ3n) is 2.43. The number of benzene rings is 1. The van der Waals surface area contributed by atoms with Crippen molar-refractivity contribution in [3.63, 3.8) is 0 Å². The number of nitrogens with one attached hydrogen (secondary N) is 2. The molecule has 5 heteroatoms. The zero-order valence-corrected chi connectivity index (χ0v) is 11.0. The SMILES string of the molecule is CC(Cn1cccn1)NC(=S)Nc1ccccc1. The van der Waals surface area contributed by atoms with Crippen LogP contribution in [0.15, 0.2) is 48.8 Å². The van der Waals surface area contributed by atoms with Crippen LogP contribution in [0, 0.1) is 0 Å². The van der Waals surface area contributed by atoms with Crippen molar-refractivity contribution >= 4 is 23.0 Å². The molecule has 0 aliphatic heterocycles. The average molecular weight is 260 g/mol. The molecule has 4 nitrogen and oxygen atoms in total. The fourth-order valence-electron chi connectivity index (χ4n) is 1.65. The summed E-state index contributed by atoms with van der Waals surface area (Å²) in [7, 11) is 0. The molecule has 0 aliphatic rings. The van der Waals surface area contributed by atoms with Crippen molar-refractivity contribution in [2.24, 2.45) is 0 Å². The Bertz CT molecular complexity index is 481. The summed E-state index contributed by atoms with van der Waals surface area (Å²) in [4.78, 5) is 0. The minimum Gasteiger partial charge on any atom is -0.358 e. The van der Waals surface area contributed by atoms with Crippen molar-refractivity contribution in [2.75, 3.05) is 5.32 Å². The first-order chi connectivity index (χ1) is 8.74. The largest absolute Gasteiger partial charge is 0.358 e. The first kappa shape index (κ1) is 12.6. The fraction of sp³-hybridized carbons (Fsp3) is 0.231. The van der Waals surface area contributed by atoms with E-state index in [1.807, 2.05) is 47.3 Å². The van der Waals surface area contributed by atoms with Crippen LogP contribution < -0.4 is 10.6 Å². The van der Waals surface area contributed by atoms with Gasteiger partial charge in [0.05, 0.1) is 6.54 Å². The van der Waals surface area contributed by atoms with E-state index < -0.39 is 0 Å². The standard InChI is InChI=1S/C13H16N4S/c1-11(10-17-9-5-8-14-17)15-13(18)16-12-6-3-2-4-7-12/h2-9,11H,10H2,1H3,(H2,15,16,18). The molecule has 0 bridgehead atoms. The van der Waals surface area contributed by atoms with Crippen molar-refractivity contribution in [1.29, 1.82) is 0 Å². The molecule has 1 unspecified atom stereocenters. The molecule has 18 heavy (non-hydrogen) atoms. The molecule has 0 aliphatic carbocycles. The van der Waals surface area contributed by atoms with E-state index in [-0.39, 0.29) is 6.04 Å². The van der Waals surface area contributed by atoms with E-state index in [1.165, 1.54) is 0 Å². The Kier molecular flexibility index (Phi) is 4.30. The summed E-state index contributed by atoms with van der Waals surface area (Å²) in [6.07, 6.45) is 3.71. The minimum absolute atomic E-state index is 0.216. The van der Waals surface area contributed by atoms with Crippen molar-refractivity contribution in [2.45, 2.75) is 19.5 Å². The van der Waals surface area contributed by atoms with Gasteiger partial charge in [-0.05, 0) is 37.3 Å². The lowest BCUT2D eigenvalue weighted by molar-refractivity contribution is 0.507. The third kappa shape index (κ3) is 3.85. The molecule has 0 spiro atoms. The second kappa shape index (κ2) is 6.16. The molecule has 1 heterocycles. The van der Waals surface area contributed by atoms with Gasteiger partial charge in [-0.2, -0.15) is 5.10 Å². The van der Waals surface area contributed by atoms with Crippen molar-refractivity contribution < 1.29 is 0 Å². The summed E-state index contributed by atoms with van der Waals surface area (Å²) in [5, 5.41) is 11.2. The third-order valence-corrected chi connectivity index (χ3v) is 2.65. The van der Waals surface area contributed by atoms with E-state index in [0.717, 1.165) is 12.2 Å². The smallest absolute Gasteiger partial charge is 0.171 e. The van der Waals surface area contributed by atoms with Gasteiger partial charge in [0.1, 0.15) is 0 Å². The minimum atomic E-state index is 0.216. The summed E-state index contributed by atoms with van der Waals surface area (Å²) < 4.78 is 1.88. The molecule has 0 saturated heterocycles. The van der Waals surface area contributed by atoms with Gasteiger partial charge in [-0.15, -0.1) is 0 Å². The normalized spacial score (nSPS) is 11.8. The van der Waals surface area contributed by atoms with Crippen LogP contribution in [0.1, 0.15) is 6.92 Å². The van der Waals surface area contributed by atoms with Gasteiger partial charge in [-0.3, -0.25) is 4.68 Å². The van der Waals surface area contributed by atoms with Gasteiger partial charge in [-0.25, -0.2) is 0 Å².